The Balaban J connectivity index is 1.40. The molecule has 0 atom stereocenters. The van der Waals surface area contributed by atoms with Gasteiger partial charge in [0.2, 0.25) is 5.88 Å². The largest absolute Gasteiger partial charge is 0.480 e. The van der Waals surface area contributed by atoms with Gasteiger partial charge in [-0.3, -0.25) is 0 Å². The molecule has 0 fully saturated rings. The molecule has 7 nitrogen and oxygen atoms in total. The molecule has 11 heteroatoms. The van der Waals surface area contributed by atoms with Crippen LogP contribution < -0.4 is 20.1 Å². The number of methoxy groups -OCH3 is 1. The van der Waals surface area contributed by atoms with E-state index < -0.39 is 23.6 Å². The zero-order valence-corrected chi connectivity index (χ0v) is 17.5. The van der Waals surface area contributed by atoms with Crippen LogP contribution in [0, 0.1) is 5.82 Å². The first-order valence-electron chi connectivity index (χ1n) is 9.75. The van der Waals surface area contributed by atoms with Gasteiger partial charge >= 0.3 is 12.2 Å². The first-order chi connectivity index (χ1) is 16.2. The Hall–Kier alpha value is -4.41. The molecule has 2 N–H and O–H groups in total. The van der Waals surface area contributed by atoms with Crippen molar-refractivity contribution in [2.45, 2.75) is 6.18 Å². The van der Waals surface area contributed by atoms with Crippen molar-refractivity contribution in [3.63, 3.8) is 0 Å². The Morgan fingerprint density at radius 2 is 1.56 bits per heavy atom. The fraction of sp³-hybridized carbons (Fsp3) is 0.0870. The summed E-state index contributed by atoms with van der Waals surface area (Å²) in [5.74, 6) is -0.0833. The Labute approximate surface area is 190 Å². The predicted octanol–water partition coefficient (Wildman–Crippen LogP) is 6.23. The second-order valence-electron chi connectivity index (χ2n) is 6.96. The van der Waals surface area contributed by atoms with Crippen molar-refractivity contribution >= 4 is 28.4 Å². The van der Waals surface area contributed by atoms with Crippen LogP contribution in [0.1, 0.15) is 5.56 Å². The highest BCUT2D eigenvalue weighted by Crippen LogP contribution is 2.33. The van der Waals surface area contributed by atoms with Crippen LogP contribution in [0.25, 0.3) is 11.0 Å². The van der Waals surface area contributed by atoms with Crippen LogP contribution in [0.15, 0.2) is 66.9 Å². The predicted molar refractivity (Wildman–Crippen MR) is 117 cm³/mol. The van der Waals surface area contributed by atoms with E-state index in [2.05, 4.69) is 20.6 Å². The van der Waals surface area contributed by atoms with Gasteiger partial charge in [0.15, 0.2) is 0 Å². The van der Waals surface area contributed by atoms with Crippen molar-refractivity contribution in [2.75, 3.05) is 17.7 Å². The van der Waals surface area contributed by atoms with Gasteiger partial charge in [0.05, 0.1) is 29.9 Å². The highest BCUT2D eigenvalue weighted by Gasteiger charge is 2.34. The molecule has 0 saturated heterocycles. The van der Waals surface area contributed by atoms with Gasteiger partial charge in [-0.1, -0.05) is 0 Å². The average molecular weight is 472 g/mol. The van der Waals surface area contributed by atoms with Crippen LogP contribution in [0.5, 0.6) is 17.4 Å². The molecular formula is C23H16F4N4O3. The van der Waals surface area contributed by atoms with E-state index in [4.69, 9.17) is 9.47 Å². The standard InChI is InChI=1S/C23H16F4N4O3/c1-33-21-12-28-19-9-7-16(11-20(19)31-21)34-15-5-2-13(3-6-15)29-22(32)30-14-4-8-18(24)17(10-14)23(25,26)27/h2-12H,1H3,(H2,29,30,32). The quantitative estimate of drug-likeness (QED) is 0.336. The van der Waals surface area contributed by atoms with E-state index in [9.17, 15) is 22.4 Å². The normalized spacial score (nSPS) is 11.2. The summed E-state index contributed by atoms with van der Waals surface area (Å²) in [6.07, 6.45) is -3.37. The van der Waals surface area contributed by atoms with Crippen LogP contribution in [-0.2, 0) is 6.18 Å². The maximum Gasteiger partial charge on any atom is 0.419 e. The number of hydrogen-bond acceptors (Lipinski definition) is 5. The number of benzene rings is 3. The Morgan fingerprint density at radius 1 is 0.882 bits per heavy atom. The highest BCUT2D eigenvalue weighted by atomic mass is 19.4. The van der Waals surface area contributed by atoms with Gasteiger partial charge in [0, 0.05) is 17.4 Å². The average Bonchev–Trinajstić information content (AvgIpc) is 2.80. The number of fused-ring (bicyclic) bond motifs is 1. The molecule has 0 saturated carbocycles. The lowest BCUT2D eigenvalue weighted by Crippen LogP contribution is -2.20. The lowest BCUT2D eigenvalue weighted by Gasteiger charge is -2.12. The second-order valence-corrected chi connectivity index (χ2v) is 6.96. The second kappa shape index (κ2) is 9.22. The van der Waals surface area contributed by atoms with E-state index in [0.29, 0.717) is 46.2 Å². The number of rotatable bonds is 5. The number of nitrogens with zero attached hydrogens (tertiary/aromatic N) is 2. The number of halogens is 4. The number of alkyl halides is 3. The topological polar surface area (TPSA) is 85.4 Å². The van der Waals surface area contributed by atoms with Gasteiger partial charge in [-0.2, -0.15) is 13.2 Å². The van der Waals surface area contributed by atoms with Crippen LogP contribution >= 0.6 is 0 Å². The summed E-state index contributed by atoms with van der Waals surface area (Å²) >= 11 is 0. The third-order valence-corrected chi connectivity index (χ3v) is 4.58. The third-order valence-electron chi connectivity index (χ3n) is 4.58. The zero-order chi connectivity index (χ0) is 24.3. The third kappa shape index (κ3) is 5.31. The molecular weight excluding hydrogens is 456 g/mol. The van der Waals surface area contributed by atoms with E-state index in [1.165, 1.54) is 13.3 Å². The number of anilines is 2. The van der Waals surface area contributed by atoms with Gasteiger partial charge in [0.25, 0.3) is 0 Å². The van der Waals surface area contributed by atoms with Crippen molar-refractivity contribution in [3.05, 3.63) is 78.2 Å². The molecule has 2 amide bonds. The van der Waals surface area contributed by atoms with Crippen molar-refractivity contribution < 1.29 is 31.8 Å². The minimum atomic E-state index is -4.88. The molecule has 34 heavy (non-hydrogen) atoms. The Morgan fingerprint density at radius 3 is 2.26 bits per heavy atom. The van der Waals surface area contributed by atoms with Crippen LogP contribution in [0.2, 0.25) is 0 Å². The maximum atomic E-state index is 13.4. The van der Waals surface area contributed by atoms with Crippen LogP contribution in [0.4, 0.5) is 33.7 Å². The van der Waals surface area contributed by atoms with E-state index in [0.717, 1.165) is 6.07 Å². The first-order valence-corrected chi connectivity index (χ1v) is 9.75. The fourth-order valence-electron chi connectivity index (χ4n) is 2.99. The highest BCUT2D eigenvalue weighted by molar-refractivity contribution is 5.99. The van der Waals surface area contributed by atoms with Gasteiger partial charge < -0.3 is 20.1 Å². The molecule has 1 heterocycles. The number of ether oxygens (including phenoxy) is 2. The maximum absolute atomic E-state index is 13.4. The Bertz CT molecular complexity index is 1340. The molecule has 0 aliphatic carbocycles. The first kappa shape index (κ1) is 22.8. The van der Waals surface area contributed by atoms with Gasteiger partial charge in [0.1, 0.15) is 17.3 Å². The summed E-state index contributed by atoms with van der Waals surface area (Å²) in [5, 5.41) is 4.72. The zero-order valence-electron chi connectivity index (χ0n) is 17.5. The summed E-state index contributed by atoms with van der Waals surface area (Å²) < 4.78 is 62.7. The summed E-state index contributed by atoms with van der Waals surface area (Å²) in [6, 6.07) is 12.8. The van der Waals surface area contributed by atoms with Crippen molar-refractivity contribution in [1.29, 1.82) is 0 Å². The lowest BCUT2D eigenvalue weighted by molar-refractivity contribution is -0.139. The number of nitrogens with one attached hydrogen (secondary N) is 2. The van der Waals surface area contributed by atoms with Gasteiger partial charge in [-0.25, -0.2) is 19.2 Å². The van der Waals surface area contributed by atoms with E-state index in [-0.39, 0.29) is 5.69 Å². The minimum absolute atomic E-state index is 0.206. The molecule has 1 aromatic heterocycles. The summed E-state index contributed by atoms with van der Waals surface area (Å²) in [4.78, 5) is 20.7. The molecule has 0 aliphatic heterocycles. The van der Waals surface area contributed by atoms with Crippen LogP contribution in [-0.4, -0.2) is 23.1 Å². The number of hydrogen-bond donors (Lipinski definition) is 2. The minimum Gasteiger partial charge on any atom is -0.480 e. The lowest BCUT2D eigenvalue weighted by atomic mass is 10.2. The monoisotopic (exact) mass is 472 g/mol. The summed E-state index contributed by atoms with van der Waals surface area (Å²) in [7, 11) is 1.49. The summed E-state index contributed by atoms with van der Waals surface area (Å²) in [5.41, 5.74) is -0.0623. The number of urea groups is 1. The fourth-order valence-corrected chi connectivity index (χ4v) is 2.99. The van der Waals surface area contributed by atoms with Crippen LogP contribution in [0.3, 0.4) is 0 Å². The van der Waals surface area contributed by atoms with E-state index in [1.807, 2.05) is 0 Å². The molecule has 0 spiro atoms. The van der Waals surface area contributed by atoms with E-state index >= 15 is 0 Å². The van der Waals surface area contributed by atoms with Crippen molar-refractivity contribution in [3.8, 4) is 17.4 Å². The number of carbonyl (C=O) groups is 1. The number of amides is 2. The molecule has 4 aromatic rings. The van der Waals surface area contributed by atoms with Gasteiger partial charge in [-0.15, -0.1) is 0 Å². The number of aromatic nitrogens is 2. The molecule has 174 valence electrons. The van der Waals surface area contributed by atoms with Crippen molar-refractivity contribution in [2.24, 2.45) is 0 Å². The molecule has 0 radical (unpaired) electrons. The Kier molecular flexibility index (Phi) is 6.17. The van der Waals surface area contributed by atoms with Gasteiger partial charge in [-0.05, 0) is 54.6 Å². The summed E-state index contributed by atoms with van der Waals surface area (Å²) in [6.45, 7) is 0. The molecule has 0 bridgehead atoms. The SMILES string of the molecule is COc1cnc2ccc(Oc3ccc(NC(=O)Nc4ccc(F)c(C(F)(F)F)c4)cc3)cc2n1. The van der Waals surface area contributed by atoms with Crippen molar-refractivity contribution in [1.82, 2.24) is 9.97 Å². The molecule has 0 unspecified atom stereocenters. The molecule has 0 aliphatic rings. The number of carbonyl (C=O) groups excluding carboxylic acids is 1. The smallest absolute Gasteiger partial charge is 0.419 e. The van der Waals surface area contributed by atoms with E-state index in [1.54, 1.807) is 42.5 Å². The molecule has 4 rings (SSSR count). The molecule has 3 aromatic carbocycles.